The molecule has 5 heteroatoms. The van der Waals surface area contributed by atoms with Gasteiger partial charge in [-0.2, -0.15) is 5.10 Å². The third-order valence-corrected chi connectivity index (χ3v) is 3.57. The SMILES string of the molecule is Cn1cc(CN2CCNCC2c2cccnc2)cn1. The molecule has 3 heterocycles. The molecule has 0 amide bonds. The van der Waals surface area contributed by atoms with Gasteiger partial charge in [0, 0.05) is 63.4 Å². The fourth-order valence-corrected chi connectivity index (χ4v) is 2.63. The molecule has 5 nitrogen and oxygen atoms in total. The maximum Gasteiger partial charge on any atom is 0.0534 e. The molecule has 1 N–H and O–H groups in total. The van der Waals surface area contributed by atoms with Crippen molar-refractivity contribution >= 4 is 0 Å². The largest absolute Gasteiger partial charge is 0.314 e. The highest BCUT2D eigenvalue weighted by atomic mass is 15.3. The van der Waals surface area contributed by atoms with E-state index in [1.54, 1.807) is 0 Å². The lowest BCUT2D eigenvalue weighted by molar-refractivity contribution is 0.153. The van der Waals surface area contributed by atoms with Crippen LogP contribution in [0.2, 0.25) is 0 Å². The van der Waals surface area contributed by atoms with Crippen molar-refractivity contribution in [3.63, 3.8) is 0 Å². The van der Waals surface area contributed by atoms with E-state index < -0.39 is 0 Å². The Labute approximate surface area is 113 Å². The van der Waals surface area contributed by atoms with E-state index in [0.717, 1.165) is 26.2 Å². The molecule has 0 aliphatic carbocycles. The molecular formula is C14H19N5. The lowest BCUT2D eigenvalue weighted by atomic mass is 10.0. The number of nitrogens with one attached hydrogen (secondary N) is 1. The molecule has 2 aromatic heterocycles. The minimum absolute atomic E-state index is 0.391. The van der Waals surface area contributed by atoms with Gasteiger partial charge >= 0.3 is 0 Å². The second kappa shape index (κ2) is 5.50. The van der Waals surface area contributed by atoms with Crippen LogP contribution < -0.4 is 5.32 Å². The summed E-state index contributed by atoms with van der Waals surface area (Å²) in [5.41, 5.74) is 2.54. The molecule has 1 unspecified atom stereocenters. The maximum atomic E-state index is 4.24. The molecule has 0 radical (unpaired) electrons. The van der Waals surface area contributed by atoms with Gasteiger partial charge in [-0.15, -0.1) is 0 Å². The van der Waals surface area contributed by atoms with E-state index in [1.807, 2.05) is 36.4 Å². The summed E-state index contributed by atoms with van der Waals surface area (Å²) in [6.07, 6.45) is 7.82. The first-order valence-electron chi connectivity index (χ1n) is 6.65. The van der Waals surface area contributed by atoms with Gasteiger partial charge in [-0.05, 0) is 11.6 Å². The third-order valence-electron chi connectivity index (χ3n) is 3.57. The summed E-state index contributed by atoms with van der Waals surface area (Å²) in [5.74, 6) is 0. The van der Waals surface area contributed by atoms with Crippen LogP contribution in [-0.2, 0) is 13.6 Å². The molecule has 3 rings (SSSR count). The Morgan fingerprint density at radius 1 is 1.42 bits per heavy atom. The molecule has 0 aromatic carbocycles. The average Bonchev–Trinajstić information content (AvgIpc) is 2.86. The highest BCUT2D eigenvalue weighted by molar-refractivity contribution is 5.16. The zero-order valence-corrected chi connectivity index (χ0v) is 11.2. The first-order valence-corrected chi connectivity index (χ1v) is 6.65. The van der Waals surface area contributed by atoms with Crippen LogP contribution >= 0.6 is 0 Å². The van der Waals surface area contributed by atoms with Crippen molar-refractivity contribution in [2.45, 2.75) is 12.6 Å². The van der Waals surface area contributed by atoms with Crippen LogP contribution in [0.4, 0.5) is 0 Å². The second-order valence-corrected chi connectivity index (χ2v) is 5.00. The highest BCUT2D eigenvalue weighted by Crippen LogP contribution is 2.23. The lowest BCUT2D eigenvalue weighted by Gasteiger charge is -2.36. The van der Waals surface area contributed by atoms with E-state index in [0.29, 0.717) is 6.04 Å². The Hall–Kier alpha value is -1.72. The van der Waals surface area contributed by atoms with Gasteiger partial charge in [0.15, 0.2) is 0 Å². The number of aryl methyl sites for hydroxylation is 1. The summed E-state index contributed by atoms with van der Waals surface area (Å²) in [6.45, 7) is 4.01. The molecule has 1 atom stereocenters. The van der Waals surface area contributed by atoms with Crippen molar-refractivity contribution in [2.24, 2.45) is 7.05 Å². The average molecular weight is 257 g/mol. The van der Waals surface area contributed by atoms with E-state index in [4.69, 9.17) is 0 Å². The van der Waals surface area contributed by atoms with Crippen molar-refractivity contribution in [3.05, 3.63) is 48.0 Å². The van der Waals surface area contributed by atoms with Crippen LogP contribution in [0.15, 0.2) is 36.9 Å². The highest BCUT2D eigenvalue weighted by Gasteiger charge is 2.24. The number of hydrogen-bond acceptors (Lipinski definition) is 4. The van der Waals surface area contributed by atoms with Crippen LogP contribution in [0, 0.1) is 0 Å². The van der Waals surface area contributed by atoms with Crippen LogP contribution in [0.1, 0.15) is 17.2 Å². The predicted molar refractivity (Wildman–Crippen MR) is 73.5 cm³/mol. The Morgan fingerprint density at radius 2 is 2.37 bits per heavy atom. The van der Waals surface area contributed by atoms with Crippen molar-refractivity contribution < 1.29 is 0 Å². The molecule has 0 spiro atoms. The monoisotopic (exact) mass is 257 g/mol. The van der Waals surface area contributed by atoms with Crippen molar-refractivity contribution in [1.29, 1.82) is 0 Å². The topological polar surface area (TPSA) is 46.0 Å². The molecule has 1 fully saturated rings. The van der Waals surface area contributed by atoms with Gasteiger partial charge < -0.3 is 5.32 Å². The normalized spacial score (nSPS) is 20.6. The van der Waals surface area contributed by atoms with Crippen LogP contribution in [0.25, 0.3) is 0 Å². The van der Waals surface area contributed by atoms with Gasteiger partial charge in [0.05, 0.1) is 6.20 Å². The Balaban J connectivity index is 1.77. The van der Waals surface area contributed by atoms with Gasteiger partial charge in [0.1, 0.15) is 0 Å². The Morgan fingerprint density at radius 3 is 3.11 bits per heavy atom. The molecule has 19 heavy (non-hydrogen) atoms. The van der Waals surface area contributed by atoms with Crippen LogP contribution in [0.3, 0.4) is 0 Å². The fourth-order valence-electron chi connectivity index (χ4n) is 2.63. The molecule has 1 saturated heterocycles. The van der Waals surface area contributed by atoms with E-state index in [9.17, 15) is 0 Å². The van der Waals surface area contributed by atoms with E-state index >= 15 is 0 Å². The molecule has 100 valence electrons. The fraction of sp³-hybridized carbons (Fsp3) is 0.429. The van der Waals surface area contributed by atoms with Gasteiger partial charge in [-0.25, -0.2) is 0 Å². The number of nitrogens with zero attached hydrogens (tertiary/aromatic N) is 4. The minimum Gasteiger partial charge on any atom is -0.314 e. The maximum absolute atomic E-state index is 4.24. The van der Waals surface area contributed by atoms with E-state index in [2.05, 4.69) is 32.6 Å². The van der Waals surface area contributed by atoms with Crippen molar-refractivity contribution in [2.75, 3.05) is 19.6 Å². The van der Waals surface area contributed by atoms with Gasteiger partial charge in [0.25, 0.3) is 0 Å². The summed E-state index contributed by atoms with van der Waals surface area (Å²) >= 11 is 0. The smallest absolute Gasteiger partial charge is 0.0534 e. The van der Waals surface area contributed by atoms with Gasteiger partial charge in [-0.3, -0.25) is 14.6 Å². The predicted octanol–water partition coefficient (Wildman–Crippen LogP) is 0.962. The summed E-state index contributed by atoms with van der Waals surface area (Å²) in [7, 11) is 1.96. The minimum atomic E-state index is 0.391. The number of pyridine rings is 1. The Bertz CT molecular complexity index is 522. The number of hydrogen-bond donors (Lipinski definition) is 1. The summed E-state index contributed by atoms with van der Waals surface area (Å²) in [4.78, 5) is 6.73. The van der Waals surface area contributed by atoms with Crippen molar-refractivity contribution in [3.8, 4) is 0 Å². The Kier molecular flexibility index (Phi) is 3.57. The molecule has 1 aliphatic rings. The first kappa shape index (κ1) is 12.3. The summed E-state index contributed by atoms with van der Waals surface area (Å²) in [5, 5.41) is 7.71. The summed E-state index contributed by atoms with van der Waals surface area (Å²) in [6, 6.07) is 4.55. The van der Waals surface area contributed by atoms with Crippen LogP contribution in [0.5, 0.6) is 0 Å². The van der Waals surface area contributed by atoms with Crippen molar-refractivity contribution in [1.82, 2.24) is 25.0 Å². The number of piperazine rings is 1. The lowest BCUT2D eigenvalue weighted by Crippen LogP contribution is -2.45. The molecule has 1 aliphatic heterocycles. The van der Waals surface area contributed by atoms with Gasteiger partial charge in [-0.1, -0.05) is 6.07 Å². The zero-order chi connectivity index (χ0) is 13.1. The quantitative estimate of drug-likeness (QED) is 0.889. The van der Waals surface area contributed by atoms with E-state index in [-0.39, 0.29) is 0 Å². The van der Waals surface area contributed by atoms with E-state index in [1.165, 1.54) is 11.1 Å². The van der Waals surface area contributed by atoms with Gasteiger partial charge in [0.2, 0.25) is 0 Å². The molecule has 0 saturated carbocycles. The third kappa shape index (κ3) is 2.83. The van der Waals surface area contributed by atoms with Crippen LogP contribution in [-0.4, -0.2) is 39.3 Å². The number of rotatable bonds is 3. The molecular weight excluding hydrogens is 238 g/mol. The molecule has 0 bridgehead atoms. The molecule has 2 aromatic rings. The zero-order valence-electron chi connectivity index (χ0n) is 11.2. The number of aromatic nitrogens is 3. The standard InChI is InChI=1S/C14H19N5/c1-18-10-12(7-17-18)11-19-6-5-16-9-14(19)13-3-2-4-15-8-13/h2-4,7-8,10,14,16H,5-6,9,11H2,1H3. The first-order chi connectivity index (χ1) is 9.33. The second-order valence-electron chi connectivity index (χ2n) is 5.00. The summed E-state index contributed by atoms with van der Waals surface area (Å²) < 4.78 is 1.86.